The van der Waals surface area contributed by atoms with E-state index in [1.54, 1.807) is 0 Å². The summed E-state index contributed by atoms with van der Waals surface area (Å²) in [4.78, 5) is 39.1. The van der Waals surface area contributed by atoms with Gasteiger partial charge in [0.2, 0.25) is 11.8 Å². The molecule has 0 aliphatic carbocycles. The van der Waals surface area contributed by atoms with Crippen molar-refractivity contribution in [1.82, 2.24) is 10.2 Å². The number of carboxylic acid groups (broad SMARTS) is 1. The zero-order valence-corrected chi connectivity index (χ0v) is 18.7. The lowest BCUT2D eigenvalue weighted by Crippen LogP contribution is -2.52. The Morgan fingerprint density at radius 2 is 1.74 bits per heavy atom. The average Bonchev–Trinajstić information content (AvgIpc) is 2.92. The molecule has 2 N–H and O–H groups in total. The predicted molar refractivity (Wildman–Crippen MR) is 125 cm³/mol. The number of carbonyl (C=O) groups is 3. The van der Waals surface area contributed by atoms with Crippen LogP contribution in [0.5, 0.6) is 0 Å². The molecule has 3 atom stereocenters. The van der Waals surface area contributed by atoms with E-state index < -0.39 is 18.6 Å². The SMILES string of the molecule is O=C(O)CN1C(=O)[C@@H](NC(=O)[C@@H](CS)Cc2ccccc2)CSC[C@H]1c1ccccc1. The largest absolute Gasteiger partial charge is 0.480 e. The van der Waals surface area contributed by atoms with Crippen molar-refractivity contribution in [1.29, 1.82) is 0 Å². The van der Waals surface area contributed by atoms with Gasteiger partial charge >= 0.3 is 5.97 Å². The number of nitrogens with zero attached hydrogens (tertiary/aromatic N) is 1. The number of aliphatic carboxylic acids is 1. The molecule has 1 aliphatic rings. The Morgan fingerprint density at radius 3 is 2.35 bits per heavy atom. The maximum atomic E-state index is 13.3. The quantitative estimate of drug-likeness (QED) is 0.530. The third kappa shape index (κ3) is 6.27. The first-order valence-electron chi connectivity index (χ1n) is 10.1. The minimum Gasteiger partial charge on any atom is -0.480 e. The normalized spacial score (nSPS) is 20.0. The molecular weight excluding hydrogens is 432 g/mol. The molecule has 0 spiro atoms. The molecule has 31 heavy (non-hydrogen) atoms. The Bertz CT molecular complexity index is 895. The molecule has 1 aliphatic heterocycles. The number of hydrogen-bond acceptors (Lipinski definition) is 5. The van der Waals surface area contributed by atoms with Gasteiger partial charge in [0.15, 0.2) is 0 Å². The molecule has 2 aromatic carbocycles. The van der Waals surface area contributed by atoms with E-state index in [-0.39, 0.29) is 23.8 Å². The minimum absolute atomic E-state index is 0.244. The van der Waals surface area contributed by atoms with Gasteiger partial charge in [-0.3, -0.25) is 14.4 Å². The van der Waals surface area contributed by atoms with Crippen LogP contribution in [0.15, 0.2) is 60.7 Å². The van der Waals surface area contributed by atoms with Gasteiger partial charge in [-0.25, -0.2) is 0 Å². The molecule has 0 bridgehead atoms. The van der Waals surface area contributed by atoms with E-state index >= 15 is 0 Å². The van der Waals surface area contributed by atoms with Crippen LogP contribution in [-0.4, -0.2) is 57.6 Å². The van der Waals surface area contributed by atoms with Gasteiger partial charge in [0.1, 0.15) is 12.6 Å². The summed E-state index contributed by atoms with van der Waals surface area (Å²) in [5.41, 5.74) is 1.91. The van der Waals surface area contributed by atoms with Gasteiger partial charge in [-0.15, -0.1) is 0 Å². The van der Waals surface area contributed by atoms with Crippen molar-refractivity contribution < 1.29 is 19.5 Å². The van der Waals surface area contributed by atoms with Gasteiger partial charge in [-0.2, -0.15) is 24.4 Å². The highest BCUT2D eigenvalue weighted by Gasteiger charge is 2.36. The molecule has 3 rings (SSSR count). The summed E-state index contributed by atoms with van der Waals surface area (Å²) >= 11 is 5.87. The molecule has 6 nitrogen and oxygen atoms in total. The Kier molecular flexibility index (Phi) is 8.43. The van der Waals surface area contributed by atoms with E-state index in [1.165, 1.54) is 16.7 Å². The highest BCUT2D eigenvalue weighted by atomic mass is 32.2. The summed E-state index contributed by atoms with van der Waals surface area (Å²) in [6, 6.07) is 17.9. The monoisotopic (exact) mass is 458 g/mol. The molecule has 0 unspecified atom stereocenters. The lowest BCUT2D eigenvalue weighted by Gasteiger charge is -2.30. The molecule has 0 aromatic heterocycles. The van der Waals surface area contributed by atoms with Crippen LogP contribution < -0.4 is 5.32 Å². The first-order valence-corrected chi connectivity index (χ1v) is 11.9. The van der Waals surface area contributed by atoms with Gasteiger partial charge in [0.25, 0.3) is 0 Å². The minimum atomic E-state index is -1.08. The predicted octanol–water partition coefficient (Wildman–Crippen LogP) is 2.66. The first kappa shape index (κ1) is 23.2. The molecule has 8 heteroatoms. The Balaban J connectivity index is 1.75. The molecular formula is C23H26N2O4S2. The van der Waals surface area contributed by atoms with E-state index in [1.807, 2.05) is 60.7 Å². The summed E-state index contributed by atoms with van der Waals surface area (Å²) in [5.74, 6) is -0.767. The third-order valence-electron chi connectivity index (χ3n) is 5.24. The number of hydrogen-bond donors (Lipinski definition) is 3. The van der Waals surface area contributed by atoms with Crippen molar-refractivity contribution in [2.45, 2.75) is 18.5 Å². The van der Waals surface area contributed by atoms with E-state index in [2.05, 4.69) is 17.9 Å². The lowest BCUT2D eigenvalue weighted by molar-refractivity contribution is -0.147. The number of nitrogens with one attached hydrogen (secondary N) is 1. The number of thioether (sulfide) groups is 1. The van der Waals surface area contributed by atoms with E-state index in [9.17, 15) is 19.5 Å². The summed E-state index contributed by atoms with van der Waals surface area (Å²) in [6.07, 6.45) is 0.524. The Labute approximate surface area is 191 Å². The summed E-state index contributed by atoms with van der Waals surface area (Å²) in [6.45, 7) is -0.411. The van der Waals surface area contributed by atoms with Crippen molar-refractivity contribution in [3.8, 4) is 0 Å². The summed E-state index contributed by atoms with van der Waals surface area (Å²) in [5, 5.41) is 12.3. The van der Waals surface area contributed by atoms with Crippen LogP contribution in [0, 0.1) is 5.92 Å². The molecule has 2 aromatic rings. The van der Waals surface area contributed by atoms with Crippen molar-refractivity contribution in [3.05, 3.63) is 71.8 Å². The smallest absolute Gasteiger partial charge is 0.323 e. The molecule has 0 saturated carbocycles. The fourth-order valence-electron chi connectivity index (χ4n) is 3.63. The molecule has 164 valence electrons. The number of carbonyl (C=O) groups excluding carboxylic acids is 2. The number of amides is 2. The summed E-state index contributed by atoms with van der Waals surface area (Å²) < 4.78 is 0. The molecule has 2 amide bonds. The number of rotatable bonds is 8. The second-order valence-electron chi connectivity index (χ2n) is 7.45. The van der Waals surface area contributed by atoms with Crippen molar-refractivity contribution in [2.75, 3.05) is 23.8 Å². The number of benzene rings is 2. The summed E-state index contributed by atoms with van der Waals surface area (Å²) in [7, 11) is 0. The average molecular weight is 459 g/mol. The van der Waals surface area contributed by atoms with Gasteiger partial charge < -0.3 is 15.3 Å². The van der Waals surface area contributed by atoms with Crippen LogP contribution in [0.2, 0.25) is 0 Å². The van der Waals surface area contributed by atoms with Gasteiger partial charge in [-0.1, -0.05) is 60.7 Å². The zero-order valence-electron chi connectivity index (χ0n) is 17.0. The van der Waals surface area contributed by atoms with Crippen LogP contribution in [0.3, 0.4) is 0 Å². The molecule has 1 heterocycles. The molecule has 1 saturated heterocycles. The first-order chi connectivity index (χ1) is 15.0. The van der Waals surface area contributed by atoms with Crippen LogP contribution in [0.25, 0.3) is 0 Å². The van der Waals surface area contributed by atoms with Crippen LogP contribution in [0.4, 0.5) is 0 Å². The van der Waals surface area contributed by atoms with Crippen molar-refractivity contribution >= 4 is 42.2 Å². The van der Waals surface area contributed by atoms with Crippen LogP contribution >= 0.6 is 24.4 Å². The van der Waals surface area contributed by atoms with Gasteiger partial charge in [0.05, 0.1) is 12.0 Å². The molecule has 0 radical (unpaired) electrons. The fourth-order valence-corrected chi connectivity index (χ4v) is 5.12. The van der Waals surface area contributed by atoms with Gasteiger partial charge in [0, 0.05) is 17.3 Å². The molecule has 1 fully saturated rings. The maximum Gasteiger partial charge on any atom is 0.323 e. The van der Waals surface area contributed by atoms with Crippen molar-refractivity contribution in [3.63, 3.8) is 0 Å². The topological polar surface area (TPSA) is 86.7 Å². The number of carboxylic acids is 1. The van der Waals surface area contributed by atoms with E-state index in [0.717, 1.165) is 11.1 Å². The Morgan fingerprint density at radius 1 is 1.10 bits per heavy atom. The van der Waals surface area contributed by atoms with Gasteiger partial charge in [-0.05, 0) is 17.5 Å². The van der Waals surface area contributed by atoms with E-state index in [0.29, 0.717) is 23.7 Å². The second-order valence-corrected chi connectivity index (χ2v) is 8.89. The van der Waals surface area contributed by atoms with Crippen LogP contribution in [-0.2, 0) is 20.8 Å². The maximum absolute atomic E-state index is 13.3. The van der Waals surface area contributed by atoms with Crippen LogP contribution in [0.1, 0.15) is 17.2 Å². The second kappa shape index (κ2) is 11.2. The fraction of sp³-hybridized carbons (Fsp3) is 0.348. The number of thiol groups is 1. The highest BCUT2D eigenvalue weighted by Crippen LogP contribution is 2.29. The third-order valence-corrected chi connectivity index (χ3v) is 6.80. The zero-order chi connectivity index (χ0) is 22.2. The van der Waals surface area contributed by atoms with E-state index in [4.69, 9.17) is 0 Å². The standard InChI is InChI=1S/C23H26N2O4S2/c26-21(27)12-25-20(17-9-5-2-6-10-17)15-31-14-19(23(25)29)24-22(28)18(13-30)11-16-7-3-1-4-8-16/h1-10,18-20,30H,11-15H2,(H,24,28)(H,26,27)/t18-,19+,20+/m1/s1. The Hall–Kier alpha value is -2.45. The highest BCUT2D eigenvalue weighted by molar-refractivity contribution is 7.99. The van der Waals surface area contributed by atoms with Crippen molar-refractivity contribution in [2.24, 2.45) is 5.92 Å². The lowest BCUT2D eigenvalue weighted by atomic mass is 9.99.